The lowest BCUT2D eigenvalue weighted by Crippen LogP contribution is -2.08. The minimum Gasteiger partial charge on any atom is -0.401 e. The summed E-state index contributed by atoms with van der Waals surface area (Å²) in [6.07, 6.45) is 4.12. The first-order valence-electron chi connectivity index (χ1n) is 7.15. The molecule has 0 aliphatic carbocycles. The average Bonchev–Trinajstić information content (AvgIpc) is 2.60. The number of halogens is 5. The zero-order valence-corrected chi connectivity index (χ0v) is 13.6. The summed E-state index contributed by atoms with van der Waals surface area (Å²) in [7, 11) is 0. The molecule has 5 nitrogen and oxygen atoms in total. The van der Waals surface area contributed by atoms with E-state index in [-0.39, 0.29) is 17.7 Å². The SMILES string of the molecule is Fc1ccc(-c2nc(OC(F)F)ncc2Cc2ncc(Cl)cn2)cc1F. The zero-order chi connectivity index (χ0) is 18.7. The van der Waals surface area contributed by atoms with Gasteiger partial charge in [-0.15, -0.1) is 0 Å². The summed E-state index contributed by atoms with van der Waals surface area (Å²) >= 11 is 5.73. The van der Waals surface area contributed by atoms with Crippen molar-refractivity contribution in [1.29, 1.82) is 0 Å². The Hall–Kier alpha value is -2.81. The van der Waals surface area contributed by atoms with Gasteiger partial charge in [-0.05, 0) is 18.2 Å². The third-order valence-corrected chi connectivity index (χ3v) is 3.45. The van der Waals surface area contributed by atoms with Gasteiger partial charge in [-0.1, -0.05) is 11.6 Å². The van der Waals surface area contributed by atoms with E-state index in [0.717, 1.165) is 12.1 Å². The van der Waals surface area contributed by atoms with Crippen molar-refractivity contribution in [2.45, 2.75) is 13.0 Å². The number of rotatable bonds is 5. The number of aromatic nitrogens is 4. The molecule has 3 rings (SSSR count). The monoisotopic (exact) mass is 384 g/mol. The summed E-state index contributed by atoms with van der Waals surface area (Å²) < 4.78 is 55.8. The first-order valence-corrected chi connectivity index (χ1v) is 7.52. The minimum absolute atomic E-state index is 0.0908. The van der Waals surface area contributed by atoms with Crippen LogP contribution < -0.4 is 4.74 Å². The summed E-state index contributed by atoms with van der Waals surface area (Å²) in [6.45, 7) is -3.13. The number of hydrogen-bond acceptors (Lipinski definition) is 5. The molecule has 3 aromatic rings. The van der Waals surface area contributed by atoms with Gasteiger partial charge in [-0.3, -0.25) is 0 Å². The summed E-state index contributed by atoms with van der Waals surface area (Å²) in [5.74, 6) is -1.80. The smallest absolute Gasteiger partial charge is 0.389 e. The lowest BCUT2D eigenvalue weighted by molar-refractivity contribution is -0.0560. The Balaban J connectivity index is 2.04. The Morgan fingerprint density at radius 1 is 1.00 bits per heavy atom. The number of nitrogens with zero attached hydrogens (tertiary/aromatic N) is 4. The van der Waals surface area contributed by atoms with E-state index < -0.39 is 24.3 Å². The Morgan fingerprint density at radius 2 is 1.73 bits per heavy atom. The molecule has 0 unspecified atom stereocenters. The van der Waals surface area contributed by atoms with E-state index in [1.807, 2.05) is 0 Å². The molecule has 26 heavy (non-hydrogen) atoms. The highest BCUT2D eigenvalue weighted by atomic mass is 35.5. The highest BCUT2D eigenvalue weighted by Crippen LogP contribution is 2.26. The van der Waals surface area contributed by atoms with Crippen molar-refractivity contribution in [1.82, 2.24) is 19.9 Å². The molecule has 0 fully saturated rings. The van der Waals surface area contributed by atoms with Crippen LogP contribution in [0.15, 0.2) is 36.8 Å². The average molecular weight is 385 g/mol. The van der Waals surface area contributed by atoms with Crippen molar-refractivity contribution in [3.8, 4) is 17.3 Å². The first-order chi connectivity index (χ1) is 12.4. The van der Waals surface area contributed by atoms with Crippen molar-refractivity contribution in [3.05, 3.63) is 64.8 Å². The topological polar surface area (TPSA) is 60.8 Å². The van der Waals surface area contributed by atoms with Gasteiger partial charge in [0.15, 0.2) is 11.6 Å². The van der Waals surface area contributed by atoms with E-state index in [2.05, 4.69) is 24.7 Å². The molecule has 0 aliphatic rings. The van der Waals surface area contributed by atoms with E-state index in [1.165, 1.54) is 24.7 Å². The third kappa shape index (κ3) is 4.23. The summed E-state index contributed by atoms with van der Waals surface area (Å²) in [4.78, 5) is 15.6. The van der Waals surface area contributed by atoms with Gasteiger partial charge in [-0.25, -0.2) is 23.7 Å². The quantitative estimate of drug-likeness (QED) is 0.621. The van der Waals surface area contributed by atoms with Crippen molar-refractivity contribution >= 4 is 11.6 Å². The second-order valence-corrected chi connectivity index (χ2v) is 5.46. The van der Waals surface area contributed by atoms with Crippen LogP contribution in [0.4, 0.5) is 17.6 Å². The van der Waals surface area contributed by atoms with Crippen molar-refractivity contribution in [2.75, 3.05) is 0 Å². The van der Waals surface area contributed by atoms with Gasteiger partial charge in [0, 0.05) is 36.1 Å². The van der Waals surface area contributed by atoms with Gasteiger partial charge in [-0.2, -0.15) is 13.8 Å². The predicted octanol–water partition coefficient (Wildman–Crippen LogP) is 4.06. The normalized spacial score (nSPS) is 11.0. The molecule has 0 N–H and O–H groups in total. The molecule has 0 saturated carbocycles. The molecule has 0 saturated heterocycles. The Morgan fingerprint density at radius 3 is 2.38 bits per heavy atom. The summed E-state index contributed by atoms with van der Waals surface area (Å²) in [6, 6.07) is 2.47. The molecule has 0 radical (unpaired) electrons. The number of ether oxygens (including phenoxy) is 1. The number of alkyl halides is 2. The van der Waals surface area contributed by atoms with E-state index in [4.69, 9.17) is 11.6 Å². The van der Waals surface area contributed by atoms with E-state index in [9.17, 15) is 17.6 Å². The molecule has 0 amide bonds. The summed E-state index contributed by atoms with van der Waals surface area (Å²) in [5.41, 5.74) is 0.655. The van der Waals surface area contributed by atoms with Crippen molar-refractivity contribution < 1.29 is 22.3 Å². The van der Waals surface area contributed by atoms with E-state index >= 15 is 0 Å². The minimum atomic E-state index is -3.13. The van der Waals surface area contributed by atoms with Gasteiger partial charge in [0.2, 0.25) is 0 Å². The molecule has 0 atom stereocenters. The lowest BCUT2D eigenvalue weighted by Gasteiger charge is -2.11. The van der Waals surface area contributed by atoms with Crippen LogP contribution in [-0.2, 0) is 6.42 Å². The Bertz CT molecular complexity index is 925. The number of benzene rings is 1. The van der Waals surface area contributed by atoms with Gasteiger partial charge in [0.25, 0.3) is 0 Å². The zero-order valence-electron chi connectivity index (χ0n) is 12.8. The molecule has 2 aromatic heterocycles. The molecular weight excluding hydrogens is 376 g/mol. The molecule has 10 heteroatoms. The highest BCUT2D eigenvalue weighted by molar-refractivity contribution is 6.30. The molecular formula is C16H9ClF4N4O. The van der Waals surface area contributed by atoms with Crippen LogP contribution in [0.2, 0.25) is 5.02 Å². The van der Waals surface area contributed by atoms with Gasteiger partial charge in [0.05, 0.1) is 10.7 Å². The second kappa shape index (κ2) is 7.61. The van der Waals surface area contributed by atoms with Gasteiger partial charge in [0.1, 0.15) is 5.82 Å². The second-order valence-electron chi connectivity index (χ2n) is 5.03. The van der Waals surface area contributed by atoms with Crippen LogP contribution in [0, 0.1) is 11.6 Å². The van der Waals surface area contributed by atoms with Crippen LogP contribution in [-0.4, -0.2) is 26.5 Å². The van der Waals surface area contributed by atoms with Gasteiger partial charge < -0.3 is 4.74 Å². The first kappa shape index (κ1) is 18.0. The summed E-state index contributed by atoms with van der Waals surface area (Å²) in [5, 5.41) is 0.339. The van der Waals surface area contributed by atoms with Crippen LogP contribution in [0.3, 0.4) is 0 Å². The standard InChI is InChI=1S/C16H9ClF4N4O/c17-10-6-22-13(23-7-10)4-9-5-24-16(26-15(20)21)25-14(9)8-1-2-11(18)12(19)3-8/h1-3,5-7,15H,4H2. The highest BCUT2D eigenvalue weighted by Gasteiger charge is 2.16. The number of hydrogen-bond donors (Lipinski definition) is 0. The molecule has 0 spiro atoms. The lowest BCUT2D eigenvalue weighted by atomic mass is 10.0. The molecule has 1 aromatic carbocycles. The van der Waals surface area contributed by atoms with E-state index in [0.29, 0.717) is 16.4 Å². The van der Waals surface area contributed by atoms with Crippen LogP contribution in [0.5, 0.6) is 6.01 Å². The third-order valence-electron chi connectivity index (χ3n) is 3.25. The molecule has 0 bridgehead atoms. The van der Waals surface area contributed by atoms with Crippen LogP contribution in [0.25, 0.3) is 11.3 Å². The fourth-order valence-electron chi connectivity index (χ4n) is 2.15. The maximum atomic E-state index is 13.6. The molecule has 2 heterocycles. The Labute approximate surface area is 149 Å². The fourth-order valence-corrected chi connectivity index (χ4v) is 2.25. The maximum Gasteiger partial charge on any atom is 0.389 e. The molecule has 134 valence electrons. The van der Waals surface area contributed by atoms with Crippen molar-refractivity contribution in [2.24, 2.45) is 0 Å². The molecule has 0 aliphatic heterocycles. The predicted molar refractivity (Wildman–Crippen MR) is 83.9 cm³/mol. The largest absolute Gasteiger partial charge is 0.401 e. The fraction of sp³-hybridized carbons (Fsp3) is 0.125. The van der Waals surface area contributed by atoms with Crippen LogP contribution >= 0.6 is 11.6 Å². The maximum absolute atomic E-state index is 13.6. The van der Waals surface area contributed by atoms with Gasteiger partial charge >= 0.3 is 12.6 Å². The Kier molecular flexibility index (Phi) is 5.27. The van der Waals surface area contributed by atoms with E-state index in [1.54, 1.807) is 0 Å². The van der Waals surface area contributed by atoms with Crippen LogP contribution in [0.1, 0.15) is 11.4 Å². The van der Waals surface area contributed by atoms with Crippen molar-refractivity contribution in [3.63, 3.8) is 0 Å².